The maximum Gasteiger partial charge on any atom is 0.421 e. The summed E-state index contributed by atoms with van der Waals surface area (Å²) >= 11 is 0. The highest BCUT2D eigenvalue weighted by molar-refractivity contribution is 5.55. The lowest BCUT2D eigenvalue weighted by atomic mass is 9.93. The summed E-state index contributed by atoms with van der Waals surface area (Å²) in [6, 6.07) is 2.07. The number of hydrogen-bond acceptors (Lipinski definition) is 6. The summed E-state index contributed by atoms with van der Waals surface area (Å²) in [6.45, 7) is 5.83. The summed E-state index contributed by atoms with van der Waals surface area (Å²) in [6.07, 6.45) is -0.620. The molecule has 0 radical (unpaired) electrons. The second-order valence-electron chi connectivity index (χ2n) is 7.27. The van der Waals surface area contributed by atoms with Gasteiger partial charge in [0.1, 0.15) is 22.8 Å². The lowest BCUT2D eigenvalue weighted by Gasteiger charge is -2.27. The molecule has 154 valence electrons. The van der Waals surface area contributed by atoms with Gasteiger partial charge in [-0.25, -0.2) is 9.67 Å². The van der Waals surface area contributed by atoms with Gasteiger partial charge in [0.2, 0.25) is 5.95 Å². The average molecular weight is 398 g/mol. The molecule has 1 aliphatic rings. The highest BCUT2D eigenvalue weighted by Crippen LogP contribution is 2.37. The Kier molecular flexibility index (Phi) is 5.51. The molecule has 0 unspecified atom stereocenters. The van der Waals surface area contributed by atoms with Crippen LogP contribution in [0, 0.1) is 0 Å². The Morgan fingerprint density at radius 1 is 1.29 bits per heavy atom. The van der Waals surface area contributed by atoms with Crippen LogP contribution in [0.15, 0.2) is 12.3 Å². The van der Waals surface area contributed by atoms with Crippen molar-refractivity contribution in [1.82, 2.24) is 19.7 Å². The first kappa shape index (κ1) is 20.4. The molecule has 2 heterocycles. The molecule has 0 aliphatic heterocycles. The Balaban J connectivity index is 1.95. The van der Waals surface area contributed by atoms with Crippen LogP contribution in [0.5, 0.6) is 0 Å². The molecular formula is C18H25F3N6O. The van der Waals surface area contributed by atoms with E-state index in [0.717, 1.165) is 31.2 Å². The van der Waals surface area contributed by atoms with Crippen LogP contribution in [0.25, 0.3) is 0 Å². The van der Waals surface area contributed by atoms with E-state index in [4.69, 9.17) is 4.74 Å². The van der Waals surface area contributed by atoms with Gasteiger partial charge in [0.15, 0.2) is 0 Å². The molecule has 10 heteroatoms. The SMILES string of the molecule is CCNc1nc(Nc2cc(C(C)(C)OC)nn2C2CCC2)ncc1C(F)(F)F. The quantitative estimate of drug-likeness (QED) is 0.716. The number of nitrogens with zero attached hydrogens (tertiary/aromatic N) is 4. The zero-order chi connectivity index (χ0) is 20.5. The molecule has 0 aromatic carbocycles. The third kappa shape index (κ3) is 4.06. The number of alkyl halides is 3. The lowest BCUT2D eigenvalue weighted by molar-refractivity contribution is -0.137. The highest BCUT2D eigenvalue weighted by Gasteiger charge is 2.35. The van der Waals surface area contributed by atoms with Crippen LogP contribution in [-0.2, 0) is 16.5 Å². The second kappa shape index (κ2) is 7.57. The Morgan fingerprint density at radius 3 is 2.54 bits per heavy atom. The molecule has 3 rings (SSSR count). The van der Waals surface area contributed by atoms with E-state index in [1.807, 2.05) is 24.6 Å². The van der Waals surface area contributed by atoms with Crippen LogP contribution in [0.4, 0.5) is 30.8 Å². The molecule has 7 nitrogen and oxygen atoms in total. The maximum absolute atomic E-state index is 13.2. The zero-order valence-electron chi connectivity index (χ0n) is 16.4. The lowest BCUT2D eigenvalue weighted by Crippen LogP contribution is -2.23. The number of nitrogens with one attached hydrogen (secondary N) is 2. The van der Waals surface area contributed by atoms with Crippen molar-refractivity contribution in [3.8, 4) is 0 Å². The van der Waals surface area contributed by atoms with Crippen LogP contribution in [0.1, 0.15) is 57.3 Å². The molecule has 0 spiro atoms. The van der Waals surface area contributed by atoms with Crippen LogP contribution >= 0.6 is 0 Å². The molecule has 0 bridgehead atoms. The Morgan fingerprint density at radius 2 is 2.00 bits per heavy atom. The average Bonchev–Trinajstić information content (AvgIpc) is 2.97. The molecule has 0 saturated heterocycles. The van der Waals surface area contributed by atoms with Gasteiger partial charge in [-0.15, -0.1) is 0 Å². The van der Waals surface area contributed by atoms with Crippen LogP contribution in [0.3, 0.4) is 0 Å². The minimum atomic E-state index is -4.53. The largest absolute Gasteiger partial charge is 0.421 e. The summed E-state index contributed by atoms with van der Waals surface area (Å²) in [4.78, 5) is 7.90. The van der Waals surface area contributed by atoms with Gasteiger partial charge in [0.05, 0.1) is 11.7 Å². The van der Waals surface area contributed by atoms with Crippen molar-refractivity contribution < 1.29 is 17.9 Å². The molecule has 2 aromatic heterocycles. The topological polar surface area (TPSA) is 76.9 Å². The Labute approximate surface area is 161 Å². The van der Waals surface area contributed by atoms with Gasteiger partial charge < -0.3 is 15.4 Å². The summed E-state index contributed by atoms with van der Waals surface area (Å²) in [5.74, 6) is 0.456. The first-order valence-electron chi connectivity index (χ1n) is 9.26. The minimum Gasteiger partial charge on any atom is -0.372 e. The summed E-state index contributed by atoms with van der Waals surface area (Å²) in [7, 11) is 1.61. The van der Waals surface area contributed by atoms with Crippen molar-refractivity contribution in [2.75, 3.05) is 24.3 Å². The fourth-order valence-corrected chi connectivity index (χ4v) is 2.86. The van der Waals surface area contributed by atoms with Gasteiger partial charge in [0, 0.05) is 25.9 Å². The summed E-state index contributed by atoms with van der Waals surface area (Å²) in [5, 5.41) is 10.3. The van der Waals surface area contributed by atoms with Crippen molar-refractivity contribution >= 4 is 17.6 Å². The van der Waals surface area contributed by atoms with E-state index in [-0.39, 0.29) is 17.8 Å². The van der Waals surface area contributed by atoms with Gasteiger partial charge in [-0.1, -0.05) is 0 Å². The predicted octanol–water partition coefficient (Wildman–Crippen LogP) is 4.47. The van der Waals surface area contributed by atoms with Crippen LogP contribution in [-0.4, -0.2) is 33.4 Å². The van der Waals surface area contributed by atoms with Gasteiger partial charge in [-0.05, 0) is 40.0 Å². The summed E-state index contributed by atoms with van der Waals surface area (Å²) < 4.78 is 46.8. The normalized spacial score (nSPS) is 15.4. The summed E-state index contributed by atoms with van der Waals surface area (Å²) in [5.41, 5.74) is -0.765. The number of rotatable bonds is 7. The number of halogens is 3. The molecule has 0 amide bonds. The molecule has 0 atom stereocenters. The first-order valence-corrected chi connectivity index (χ1v) is 9.26. The Hall–Kier alpha value is -2.36. The van der Waals surface area contributed by atoms with Crippen molar-refractivity contribution in [2.24, 2.45) is 0 Å². The Bertz CT molecular complexity index is 829. The molecular weight excluding hydrogens is 373 g/mol. The molecule has 2 N–H and O–H groups in total. The van der Waals surface area contributed by atoms with Crippen molar-refractivity contribution in [3.05, 3.63) is 23.5 Å². The second-order valence-corrected chi connectivity index (χ2v) is 7.27. The van der Waals surface area contributed by atoms with Gasteiger partial charge in [0.25, 0.3) is 0 Å². The molecule has 28 heavy (non-hydrogen) atoms. The first-order chi connectivity index (χ1) is 13.2. The number of hydrogen-bond donors (Lipinski definition) is 2. The number of aromatic nitrogens is 4. The number of ether oxygens (including phenoxy) is 1. The fraction of sp³-hybridized carbons (Fsp3) is 0.611. The molecule has 2 aromatic rings. The molecule has 1 fully saturated rings. The molecule has 1 aliphatic carbocycles. The highest BCUT2D eigenvalue weighted by atomic mass is 19.4. The fourth-order valence-electron chi connectivity index (χ4n) is 2.86. The van der Waals surface area contributed by atoms with E-state index >= 15 is 0 Å². The van der Waals surface area contributed by atoms with Crippen molar-refractivity contribution in [2.45, 2.75) is 57.9 Å². The van der Waals surface area contributed by atoms with E-state index in [9.17, 15) is 13.2 Å². The maximum atomic E-state index is 13.2. The number of methoxy groups -OCH3 is 1. The molecule has 1 saturated carbocycles. The minimum absolute atomic E-state index is 0.0752. The third-order valence-corrected chi connectivity index (χ3v) is 4.96. The van der Waals surface area contributed by atoms with E-state index in [2.05, 4.69) is 25.7 Å². The van der Waals surface area contributed by atoms with Gasteiger partial charge in [-0.2, -0.15) is 23.3 Å². The predicted molar refractivity (Wildman–Crippen MR) is 99.6 cm³/mol. The van der Waals surface area contributed by atoms with E-state index in [1.165, 1.54) is 0 Å². The van der Waals surface area contributed by atoms with Crippen molar-refractivity contribution in [3.63, 3.8) is 0 Å². The van der Waals surface area contributed by atoms with E-state index in [0.29, 0.717) is 12.4 Å². The standard InChI is InChI=1S/C18H25F3N6O/c1-5-22-15-12(18(19,20)21)10-23-16(25-15)24-14-9-13(17(2,3)28-4)26-27(14)11-7-6-8-11/h9-11H,5-8H2,1-4H3,(H2,22,23,24,25). The van der Waals surface area contributed by atoms with Gasteiger partial charge >= 0.3 is 6.18 Å². The smallest absolute Gasteiger partial charge is 0.372 e. The van der Waals surface area contributed by atoms with E-state index < -0.39 is 17.3 Å². The third-order valence-electron chi connectivity index (χ3n) is 4.96. The number of anilines is 3. The zero-order valence-corrected chi connectivity index (χ0v) is 16.4. The van der Waals surface area contributed by atoms with Gasteiger partial charge in [-0.3, -0.25) is 0 Å². The monoisotopic (exact) mass is 398 g/mol. The van der Waals surface area contributed by atoms with E-state index in [1.54, 1.807) is 14.0 Å². The van der Waals surface area contributed by atoms with Crippen molar-refractivity contribution in [1.29, 1.82) is 0 Å². The van der Waals surface area contributed by atoms with Crippen LogP contribution in [0.2, 0.25) is 0 Å². The van der Waals surface area contributed by atoms with Crippen LogP contribution < -0.4 is 10.6 Å².